The van der Waals surface area contributed by atoms with Gasteiger partial charge in [-0.2, -0.15) is 0 Å². The van der Waals surface area contributed by atoms with Gasteiger partial charge in [-0.1, -0.05) is 36.9 Å². The number of likely N-dealkylation sites (tertiary alicyclic amines) is 1. The molecule has 0 aromatic heterocycles. The number of nitrogens with zero attached hydrogens (tertiary/aromatic N) is 2. The van der Waals surface area contributed by atoms with Crippen molar-refractivity contribution < 1.29 is 14.4 Å². The molecular formula is C27H30N4O3. The highest BCUT2D eigenvalue weighted by atomic mass is 16.2. The Morgan fingerprint density at radius 3 is 2.56 bits per heavy atom. The number of carbonyl (C=O) groups is 3. The lowest BCUT2D eigenvalue weighted by atomic mass is 9.87. The third-order valence-corrected chi connectivity index (χ3v) is 7.38. The largest absolute Gasteiger partial charge is 0.398 e. The smallest absolute Gasteiger partial charge is 0.255 e. The summed E-state index contributed by atoms with van der Waals surface area (Å²) >= 11 is 0. The van der Waals surface area contributed by atoms with Gasteiger partial charge >= 0.3 is 0 Å². The number of imide groups is 1. The Kier molecular flexibility index (Phi) is 5.96. The fraction of sp³-hybridized carbons (Fsp3) is 0.370. The number of nitrogens with two attached hydrogens (primary N) is 1. The Bertz CT molecular complexity index is 1170. The summed E-state index contributed by atoms with van der Waals surface area (Å²) in [6.07, 6.45) is 4.55. The van der Waals surface area contributed by atoms with Crippen molar-refractivity contribution >= 4 is 29.5 Å². The predicted octanol–water partition coefficient (Wildman–Crippen LogP) is 3.05. The Balaban J connectivity index is 1.21. The SMILES string of the molecule is C=Cc1ccc(CN2CCC(c3ccc4c(c3)CN(C3CCC(=O)NC3=O)C4=O)CC2)cc1N. The Hall–Kier alpha value is -3.45. The van der Waals surface area contributed by atoms with Crippen LogP contribution in [0.5, 0.6) is 0 Å². The highest BCUT2D eigenvalue weighted by Crippen LogP contribution is 2.34. The molecule has 2 aromatic rings. The van der Waals surface area contributed by atoms with Gasteiger partial charge in [-0.3, -0.25) is 24.6 Å². The minimum Gasteiger partial charge on any atom is -0.398 e. The predicted molar refractivity (Wildman–Crippen MR) is 131 cm³/mol. The molecule has 5 rings (SSSR count). The first-order valence-corrected chi connectivity index (χ1v) is 11.9. The minimum atomic E-state index is -0.570. The molecule has 34 heavy (non-hydrogen) atoms. The Morgan fingerprint density at radius 2 is 1.85 bits per heavy atom. The molecule has 2 saturated heterocycles. The number of amides is 3. The summed E-state index contributed by atoms with van der Waals surface area (Å²) < 4.78 is 0. The molecule has 176 valence electrons. The molecule has 2 aromatic carbocycles. The summed E-state index contributed by atoms with van der Waals surface area (Å²) in [5.74, 6) is -0.302. The number of nitrogen functional groups attached to an aromatic ring is 1. The fourth-order valence-electron chi connectivity index (χ4n) is 5.44. The van der Waals surface area contributed by atoms with E-state index in [1.54, 1.807) is 11.0 Å². The number of benzene rings is 2. The third kappa shape index (κ3) is 4.23. The van der Waals surface area contributed by atoms with Crippen molar-refractivity contribution in [2.24, 2.45) is 0 Å². The number of carbonyl (C=O) groups excluding carboxylic acids is 3. The molecule has 3 aliphatic heterocycles. The first-order valence-electron chi connectivity index (χ1n) is 11.9. The first kappa shape index (κ1) is 22.3. The molecule has 0 spiro atoms. The van der Waals surface area contributed by atoms with E-state index in [9.17, 15) is 14.4 Å². The molecule has 3 N–H and O–H groups in total. The molecule has 7 nitrogen and oxygen atoms in total. The average molecular weight is 459 g/mol. The van der Waals surface area contributed by atoms with E-state index >= 15 is 0 Å². The number of rotatable bonds is 5. The molecule has 1 unspecified atom stereocenters. The second kappa shape index (κ2) is 9.06. The number of fused-ring (bicyclic) bond motifs is 1. The van der Waals surface area contributed by atoms with Crippen LogP contribution in [0.15, 0.2) is 43.0 Å². The van der Waals surface area contributed by atoms with Gasteiger partial charge in [0.2, 0.25) is 11.8 Å². The van der Waals surface area contributed by atoms with Crippen LogP contribution in [0.3, 0.4) is 0 Å². The van der Waals surface area contributed by atoms with Crippen LogP contribution in [0.4, 0.5) is 5.69 Å². The second-order valence-electron chi connectivity index (χ2n) is 9.53. The molecule has 3 aliphatic rings. The number of piperidine rings is 2. The van der Waals surface area contributed by atoms with E-state index in [-0.39, 0.29) is 24.1 Å². The van der Waals surface area contributed by atoms with Crippen molar-refractivity contribution in [3.8, 4) is 0 Å². The molecule has 7 heteroatoms. The van der Waals surface area contributed by atoms with Crippen LogP contribution in [0.25, 0.3) is 6.08 Å². The Morgan fingerprint density at radius 1 is 1.06 bits per heavy atom. The quantitative estimate of drug-likeness (QED) is 0.530. The summed E-state index contributed by atoms with van der Waals surface area (Å²) in [4.78, 5) is 40.7. The van der Waals surface area contributed by atoms with Gasteiger partial charge in [-0.25, -0.2) is 0 Å². The van der Waals surface area contributed by atoms with Gasteiger partial charge in [-0.05, 0) is 72.7 Å². The summed E-state index contributed by atoms with van der Waals surface area (Å²) in [5, 5.41) is 2.36. The van der Waals surface area contributed by atoms with E-state index in [0.29, 0.717) is 24.4 Å². The maximum absolute atomic E-state index is 12.9. The summed E-state index contributed by atoms with van der Waals surface area (Å²) in [6, 6.07) is 11.7. The van der Waals surface area contributed by atoms with Crippen LogP contribution < -0.4 is 11.1 Å². The van der Waals surface area contributed by atoms with Gasteiger partial charge < -0.3 is 10.6 Å². The topological polar surface area (TPSA) is 95.7 Å². The van der Waals surface area contributed by atoms with Crippen molar-refractivity contribution in [3.63, 3.8) is 0 Å². The molecule has 3 amide bonds. The zero-order valence-electron chi connectivity index (χ0n) is 19.3. The van der Waals surface area contributed by atoms with Gasteiger partial charge in [0.05, 0.1) is 0 Å². The van der Waals surface area contributed by atoms with Crippen molar-refractivity contribution in [2.45, 2.75) is 50.7 Å². The lowest BCUT2D eigenvalue weighted by Gasteiger charge is -2.32. The van der Waals surface area contributed by atoms with Crippen LogP contribution in [0.2, 0.25) is 0 Å². The lowest BCUT2D eigenvalue weighted by molar-refractivity contribution is -0.136. The lowest BCUT2D eigenvalue weighted by Crippen LogP contribution is -2.52. The molecule has 0 bridgehead atoms. The van der Waals surface area contributed by atoms with Gasteiger partial charge in [-0.15, -0.1) is 0 Å². The molecule has 3 heterocycles. The number of nitrogens with one attached hydrogen (secondary N) is 1. The maximum atomic E-state index is 12.9. The van der Waals surface area contributed by atoms with Crippen LogP contribution >= 0.6 is 0 Å². The van der Waals surface area contributed by atoms with E-state index < -0.39 is 6.04 Å². The number of hydrogen-bond acceptors (Lipinski definition) is 5. The normalized spacial score (nSPS) is 21.5. The van der Waals surface area contributed by atoms with E-state index in [0.717, 1.165) is 49.3 Å². The fourth-order valence-corrected chi connectivity index (χ4v) is 5.44. The standard InChI is InChI=1S/C27H30N4O3/c1-2-18-4-3-17(13-23(18)28)15-30-11-9-19(10-12-30)20-5-6-22-21(14-20)16-31(27(22)34)24-7-8-25(32)29-26(24)33/h2-6,13-14,19,24H,1,7-12,15-16,28H2,(H,29,32,33). The van der Waals surface area contributed by atoms with E-state index in [2.05, 4.69) is 35.0 Å². The maximum Gasteiger partial charge on any atom is 0.255 e. The van der Waals surface area contributed by atoms with Crippen molar-refractivity contribution in [1.82, 2.24) is 15.1 Å². The van der Waals surface area contributed by atoms with Crippen molar-refractivity contribution in [1.29, 1.82) is 0 Å². The Labute approximate surface area is 199 Å². The van der Waals surface area contributed by atoms with Crippen molar-refractivity contribution in [2.75, 3.05) is 18.8 Å². The van der Waals surface area contributed by atoms with Gasteiger partial charge in [0, 0.05) is 30.8 Å². The summed E-state index contributed by atoms with van der Waals surface area (Å²) in [7, 11) is 0. The average Bonchev–Trinajstić information content (AvgIpc) is 3.15. The second-order valence-corrected chi connectivity index (χ2v) is 9.53. The van der Waals surface area contributed by atoms with E-state index in [1.165, 1.54) is 11.1 Å². The first-order chi connectivity index (χ1) is 16.4. The van der Waals surface area contributed by atoms with Gasteiger partial charge in [0.25, 0.3) is 5.91 Å². The highest BCUT2D eigenvalue weighted by molar-refractivity contribution is 6.05. The van der Waals surface area contributed by atoms with Crippen LogP contribution in [0, 0.1) is 0 Å². The highest BCUT2D eigenvalue weighted by Gasteiger charge is 2.39. The molecule has 0 radical (unpaired) electrons. The minimum absolute atomic E-state index is 0.118. The zero-order chi connectivity index (χ0) is 23.8. The number of anilines is 1. The van der Waals surface area contributed by atoms with Crippen molar-refractivity contribution in [3.05, 3.63) is 70.8 Å². The molecule has 1 atom stereocenters. The molecule has 0 aliphatic carbocycles. The van der Waals surface area contributed by atoms with Gasteiger partial charge in [0.1, 0.15) is 6.04 Å². The summed E-state index contributed by atoms with van der Waals surface area (Å²) in [5.41, 5.74) is 12.0. The number of hydrogen-bond donors (Lipinski definition) is 2. The third-order valence-electron chi connectivity index (χ3n) is 7.38. The molecule has 2 fully saturated rings. The summed E-state index contributed by atoms with van der Waals surface area (Å²) in [6.45, 7) is 7.11. The van der Waals surface area contributed by atoms with Crippen LogP contribution in [-0.4, -0.2) is 46.7 Å². The molecular weight excluding hydrogens is 428 g/mol. The van der Waals surface area contributed by atoms with E-state index in [4.69, 9.17) is 5.73 Å². The van der Waals surface area contributed by atoms with Crippen LogP contribution in [0.1, 0.15) is 64.2 Å². The van der Waals surface area contributed by atoms with Gasteiger partial charge in [0.15, 0.2) is 0 Å². The molecule has 0 saturated carbocycles. The zero-order valence-corrected chi connectivity index (χ0v) is 19.3. The monoisotopic (exact) mass is 458 g/mol. The van der Waals surface area contributed by atoms with E-state index in [1.807, 2.05) is 18.2 Å². The van der Waals surface area contributed by atoms with Crippen LogP contribution in [-0.2, 0) is 22.7 Å².